The van der Waals surface area contributed by atoms with Gasteiger partial charge in [-0.15, -0.1) is 0 Å². The molecule has 0 aliphatic heterocycles. The number of hydrogen-bond donors (Lipinski definition) is 1. The van der Waals surface area contributed by atoms with Gasteiger partial charge in [-0.05, 0) is 59.7 Å². The number of nitrogens with zero attached hydrogens (tertiary/aromatic N) is 1. The second-order valence-corrected chi connectivity index (χ2v) is 8.49. The van der Waals surface area contributed by atoms with Gasteiger partial charge >= 0.3 is 5.97 Å². The molecular formula is C25H14Cl3F2NO3. The number of carboxylic acid groups (broad SMARTS) is 1. The van der Waals surface area contributed by atoms with Gasteiger partial charge in [0.1, 0.15) is 12.2 Å². The quantitative estimate of drug-likeness (QED) is 0.280. The summed E-state index contributed by atoms with van der Waals surface area (Å²) in [6.45, 7) is -0.238. The van der Waals surface area contributed by atoms with Crippen molar-refractivity contribution in [1.82, 2.24) is 4.98 Å². The first-order valence-corrected chi connectivity index (χ1v) is 10.9. The molecule has 0 saturated heterocycles. The Morgan fingerprint density at radius 2 is 1.56 bits per heavy atom. The Kier molecular flexibility index (Phi) is 7.03. The molecule has 0 saturated carbocycles. The van der Waals surface area contributed by atoms with Gasteiger partial charge in [-0.1, -0.05) is 53.0 Å². The molecule has 0 fully saturated rings. The fourth-order valence-electron chi connectivity index (χ4n) is 3.28. The third kappa shape index (κ3) is 5.14. The van der Waals surface area contributed by atoms with Gasteiger partial charge in [0.05, 0.1) is 10.7 Å². The van der Waals surface area contributed by atoms with Crippen LogP contribution in [0.25, 0.3) is 22.4 Å². The second-order valence-electron chi connectivity index (χ2n) is 7.21. The number of benzene rings is 3. The van der Waals surface area contributed by atoms with Gasteiger partial charge in [0.25, 0.3) is 0 Å². The summed E-state index contributed by atoms with van der Waals surface area (Å²) in [5, 5.41) is 11.0. The van der Waals surface area contributed by atoms with Crippen molar-refractivity contribution in [3.63, 3.8) is 0 Å². The first kappa shape index (κ1) is 24.0. The van der Waals surface area contributed by atoms with E-state index < -0.39 is 17.6 Å². The van der Waals surface area contributed by atoms with Gasteiger partial charge in [0.2, 0.25) is 5.88 Å². The molecule has 0 aliphatic carbocycles. The Hall–Kier alpha value is -3.19. The summed E-state index contributed by atoms with van der Waals surface area (Å²) in [5.74, 6) is -3.54. The standard InChI is InChI=1S/C25H14Cl3F2NO3/c26-15-4-2-14(3-5-15)18-11-19(25(32)33)24(34-12-13-1-8-21(29)22(30)9-13)31-23(18)17-7-6-16(27)10-20(17)28/h1-11H,12H2,(H,32,33). The summed E-state index contributed by atoms with van der Waals surface area (Å²) in [7, 11) is 0. The lowest BCUT2D eigenvalue weighted by Crippen LogP contribution is -2.08. The van der Waals surface area contributed by atoms with E-state index in [1.165, 1.54) is 12.1 Å². The van der Waals surface area contributed by atoms with Crippen molar-refractivity contribution in [2.24, 2.45) is 0 Å². The summed E-state index contributed by atoms with van der Waals surface area (Å²) in [5.41, 5.74) is 2.03. The third-order valence-electron chi connectivity index (χ3n) is 4.92. The van der Waals surface area contributed by atoms with Crippen molar-refractivity contribution < 1.29 is 23.4 Å². The van der Waals surface area contributed by atoms with Crippen LogP contribution in [0.5, 0.6) is 5.88 Å². The SMILES string of the molecule is O=C(O)c1cc(-c2ccc(Cl)cc2)c(-c2ccc(Cl)cc2Cl)nc1OCc1ccc(F)c(F)c1. The predicted molar refractivity (Wildman–Crippen MR) is 128 cm³/mol. The maximum atomic E-state index is 13.6. The van der Waals surface area contributed by atoms with Gasteiger partial charge in [-0.25, -0.2) is 18.6 Å². The molecule has 0 aliphatic rings. The molecule has 4 rings (SSSR count). The summed E-state index contributed by atoms with van der Waals surface area (Å²) in [6, 6.07) is 16.3. The molecule has 1 aromatic heterocycles. The number of rotatable bonds is 6. The van der Waals surface area contributed by atoms with Crippen molar-refractivity contribution in [3.8, 4) is 28.3 Å². The summed E-state index contributed by atoms with van der Waals surface area (Å²) in [4.78, 5) is 16.5. The highest BCUT2D eigenvalue weighted by Gasteiger charge is 2.22. The fourth-order valence-corrected chi connectivity index (χ4v) is 3.90. The van der Waals surface area contributed by atoms with Crippen LogP contribution in [0.3, 0.4) is 0 Å². The second kappa shape index (κ2) is 9.97. The number of carbonyl (C=O) groups is 1. The zero-order valence-electron chi connectivity index (χ0n) is 17.2. The average molecular weight is 521 g/mol. The van der Waals surface area contributed by atoms with Gasteiger partial charge < -0.3 is 9.84 Å². The van der Waals surface area contributed by atoms with Crippen LogP contribution >= 0.6 is 34.8 Å². The first-order chi connectivity index (χ1) is 16.2. The van der Waals surface area contributed by atoms with Crippen molar-refractivity contribution in [3.05, 3.63) is 105 Å². The highest BCUT2D eigenvalue weighted by molar-refractivity contribution is 6.36. The van der Waals surface area contributed by atoms with Crippen LogP contribution in [0, 0.1) is 11.6 Å². The first-order valence-electron chi connectivity index (χ1n) is 9.79. The van der Waals surface area contributed by atoms with E-state index in [1.807, 2.05) is 0 Å². The van der Waals surface area contributed by atoms with Gasteiger partial charge in [0, 0.05) is 21.2 Å². The Labute approximate surface area is 208 Å². The molecular weight excluding hydrogens is 507 g/mol. The minimum Gasteiger partial charge on any atom is -0.477 e. The topological polar surface area (TPSA) is 59.4 Å². The number of halogens is 5. The van der Waals surface area contributed by atoms with E-state index in [-0.39, 0.29) is 18.1 Å². The highest BCUT2D eigenvalue weighted by Crippen LogP contribution is 2.39. The Bertz CT molecular complexity index is 1400. The van der Waals surface area contributed by atoms with Crippen molar-refractivity contribution in [1.29, 1.82) is 0 Å². The average Bonchev–Trinajstić information content (AvgIpc) is 2.80. The Morgan fingerprint density at radius 1 is 0.853 bits per heavy atom. The molecule has 0 unspecified atom stereocenters. The van der Waals surface area contributed by atoms with Gasteiger partial charge in [-0.3, -0.25) is 0 Å². The van der Waals surface area contributed by atoms with E-state index in [0.29, 0.717) is 43.0 Å². The van der Waals surface area contributed by atoms with Crippen LogP contribution in [-0.2, 0) is 6.61 Å². The van der Waals surface area contributed by atoms with Crippen LogP contribution in [0.1, 0.15) is 15.9 Å². The summed E-state index contributed by atoms with van der Waals surface area (Å²) in [6.07, 6.45) is 0. The smallest absolute Gasteiger partial charge is 0.341 e. The van der Waals surface area contributed by atoms with E-state index in [4.69, 9.17) is 39.5 Å². The number of aromatic carboxylic acids is 1. The number of hydrogen-bond acceptors (Lipinski definition) is 3. The molecule has 172 valence electrons. The highest BCUT2D eigenvalue weighted by atomic mass is 35.5. The zero-order chi connectivity index (χ0) is 24.4. The van der Waals surface area contributed by atoms with Crippen LogP contribution in [0.2, 0.25) is 15.1 Å². The number of pyridine rings is 1. The molecule has 34 heavy (non-hydrogen) atoms. The predicted octanol–water partition coefficient (Wildman–Crippen LogP) is 7.93. The summed E-state index contributed by atoms with van der Waals surface area (Å²) >= 11 is 18.5. The third-order valence-corrected chi connectivity index (χ3v) is 5.72. The molecule has 9 heteroatoms. The molecule has 0 amide bonds. The van der Waals surface area contributed by atoms with E-state index in [9.17, 15) is 18.7 Å². The minimum atomic E-state index is -1.28. The van der Waals surface area contributed by atoms with Crippen molar-refractivity contribution in [2.45, 2.75) is 6.61 Å². The summed E-state index contributed by atoms with van der Waals surface area (Å²) < 4.78 is 32.4. The Morgan fingerprint density at radius 3 is 2.21 bits per heavy atom. The lowest BCUT2D eigenvalue weighted by molar-refractivity contribution is 0.0690. The maximum absolute atomic E-state index is 13.6. The molecule has 1 N–H and O–H groups in total. The van der Waals surface area contributed by atoms with Crippen LogP contribution in [0.15, 0.2) is 66.7 Å². The van der Waals surface area contributed by atoms with Crippen molar-refractivity contribution >= 4 is 40.8 Å². The Balaban J connectivity index is 1.86. The normalized spacial score (nSPS) is 10.9. The molecule has 4 nitrogen and oxygen atoms in total. The molecule has 0 radical (unpaired) electrons. The lowest BCUT2D eigenvalue weighted by atomic mass is 9.97. The van der Waals surface area contributed by atoms with Gasteiger partial charge in [0.15, 0.2) is 11.6 Å². The number of carboxylic acids is 1. The molecule has 4 aromatic rings. The molecule has 0 bridgehead atoms. The monoisotopic (exact) mass is 519 g/mol. The molecule has 0 spiro atoms. The van der Waals surface area contributed by atoms with Crippen LogP contribution in [0.4, 0.5) is 8.78 Å². The van der Waals surface area contributed by atoms with E-state index in [2.05, 4.69) is 4.98 Å². The maximum Gasteiger partial charge on any atom is 0.341 e. The minimum absolute atomic E-state index is 0.212. The van der Waals surface area contributed by atoms with Crippen LogP contribution < -0.4 is 4.74 Å². The number of aromatic nitrogens is 1. The molecule has 3 aromatic carbocycles. The van der Waals surface area contributed by atoms with Crippen LogP contribution in [-0.4, -0.2) is 16.1 Å². The van der Waals surface area contributed by atoms with E-state index in [0.717, 1.165) is 12.1 Å². The van der Waals surface area contributed by atoms with Crippen molar-refractivity contribution in [2.75, 3.05) is 0 Å². The zero-order valence-corrected chi connectivity index (χ0v) is 19.4. The number of ether oxygens (including phenoxy) is 1. The van der Waals surface area contributed by atoms with Gasteiger partial charge in [-0.2, -0.15) is 0 Å². The van der Waals surface area contributed by atoms with E-state index in [1.54, 1.807) is 42.5 Å². The largest absolute Gasteiger partial charge is 0.477 e. The molecule has 1 heterocycles. The lowest BCUT2D eigenvalue weighted by Gasteiger charge is -2.16. The fraction of sp³-hybridized carbons (Fsp3) is 0.0400. The van der Waals surface area contributed by atoms with E-state index >= 15 is 0 Å². The molecule has 0 atom stereocenters.